The lowest BCUT2D eigenvalue weighted by Gasteiger charge is -2.28. The molecule has 2 amide bonds. The van der Waals surface area contributed by atoms with Gasteiger partial charge < -0.3 is 24.8 Å². The van der Waals surface area contributed by atoms with Gasteiger partial charge in [-0.1, -0.05) is 24.3 Å². The summed E-state index contributed by atoms with van der Waals surface area (Å²) in [7, 11) is -3.98. The average molecular weight is 676 g/mol. The van der Waals surface area contributed by atoms with Gasteiger partial charge in [-0.25, -0.2) is 27.3 Å². The number of thiazole rings is 1. The van der Waals surface area contributed by atoms with Gasteiger partial charge in [0.2, 0.25) is 10.0 Å². The fourth-order valence-electron chi connectivity index (χ4n) is 5.30. The fourth-order valence-corrected chi connectivity index (χ4v) is 8.15. The van der Waals surface area contributed by atoms with Crippen LogP contribution in [0, 0.1) is 5.82 Å². The number of rotatable bonds is 13. The molecule has 250 valence electrons. The third-order valence-electron chi connectivity index (χ3n) is 7.70. The van der Waals surface area contributed by atoms with Gasteiger partial charge in [-0.05, 0) is 64.7 Å². The molecule has 4 N–H and O–H groups in total. The normalized spacial score (nSPS) is 19.0. The van der Waals surface area contributed by atoms with Crippen molar-refractivity contribution in [2.75, 3.05) is 32.1 Å². The Morgan fingerprint density at radius 2 is 1.87 bits per heavy atom. The molecule has 1 aliphatic heterocycles. The van der Waals surface area contributed by atoms with Gasteiger partial charge in [-0.2, -0.15) is 0 Å². The van der Waals surface area contributed by atoms with Crippen LogP contribution >= 0.6 is 11.3 Å². The minimum absolute atomic E-state index is 0.0196. The number of amides is 2. The highest BCUT2D eigenvalue weighted by Gasteiger charge is 2.28. The molecule has 2 aliphatic rings. The molecule has 0 atom stereocenters. The molecule has 1 aromatic heterocycles. The number of carbonyl (C=O) groups is 1. The van der Waals surface area contributed by atoms with Gasteiger partial charge in [-0.3, -0.25) is 5.32 Å². The molecule has 46 heavy (non-hydrogen) atoms. The molecule has 1 saturated heterocycles. The average Bonchev–Trinajstić information content (AvgIpc) is 3.47. The molecule has 2 heterocycles. The van der Waals surface area contributed by atoms with Crippen molar-refractivity contribution in [2.45, 2.75) is 81.5 Å². The monoisotopic (exact) mass is 675 g/mol. The van der Waals surface area contributed by atoms with Gasteiger partial charge in [0.25, 0.3) is 0 Å². The van der Waals surface area contributed by atoms with Gasteiger partial charge in [0.15, 0.2) is 0 Å². The minimum atomic E-state index is -3.98. The second kappa shape index (κ2) is 15.3. The highest BCUT2D eigenvalue weighted by molar-refractivity contribution is 7.89. The van der Waals surface area contributed by atoms with Crippen LogP contribution in [0.4, 0.5) is 14.9 Å². The molecule has 0 unspecified atom stereocenters. The molecule has 14 heteroatoms. The van der Waals surface area contributed by atoms with E-state index in [0.29, 0.717) is 37.1 Å². The van der Waals surface area contributed by atoms with E-state index >= 15 is 0 Å². The summed E-state index contributed by atoms with van der Waals surface area (Å²) >= 11 is 1.49. The van der Waals surface area contributed by atoms with Crippen LogP contribution in [0.25, 0.3) is 10.4 Å². The number of carbonyl (C=O) groups excluding carboxylic acids is 1. The number of anilines is 1. The number of nitrogens with one attached hydrogen (secondary N) is 4. The predicted octanol–water partition coefficient (Wildman–Crippen LogP) is 5.31. The SMILES string of the molecule is CC(C)(C)NS(=O)(=O)c1cc(NC(=O)NCc2ccccc2F)ccc1-c1cnc(C2CCC(NCOCOC3COC3)CC2)s1. The molecular weight excluding hydrogens is 634 g/mol. The minimum Gasteiger partial charge on any atom is -0.376 e. The van der Waals surface area contributed by atoms with Crippen molar-refractivity contribution in [3.05, 3.63) is 65.0 Å². The quantitative estimate of drug-likeness (QED) is 0.141. The molecule has 0 bridgehead atoms. The Hall–Kier alpha value is -2.98. The number of sulfonamides is 1. The second-order valence-corrected chi connectivity index (χ2v) is 15.3. The maximum Gasteiger partial charge on any atom is 0.319 e. The van der Waals surface area contributed by atoms with Crippen molar-refractivity contribution < 1.29 is 31.8 Å². The summed E-state index contributed by atoms with van der Waals surface area (Å²) in [5, 5.41) is 9.70. The number of ether oxygens (including phenoxy) is 3. The summed E-state index contributed by atoms with van der Waals surface area (Å²) < 4.78 is 60.1. The molecule has 11 nitrogen and oxygen atoms in total. The lowest BCUT2D eigenvalue weighted by Crippen LogP contribution is -2.40. The van der Waals surface area contributed by atoms with Gasteiger partial charge in [0.1, 0.15) is 18.7 Å². The van der Waals surface area contributed by atoms with E-state index in [2.05, 4.69) is 20.7 Å². The first-order valence-electron chi connectivity index (χ1n) is 15.4. The third kappa shape index (κ3) is 9.53. The highest BCUT2D eigenvalue weighted by Crippen LogP contribution is 2.40. The van der Waals surface area contributed by atoms with Crippen molar-refractivity contribution in [1.82, 2.24) is 20.3 Å². The van der Waals surface area contributed by atoms with Crippen LogP contribution in [0.2, 0.25) is 0 Å². The Balaban J connectivity index is 1.23. The van der Waals surface area contributed by atoms with Crippen LogP contribution < -0.4 is 20.7 Å². The van der Waals surface area contributed by atoms with Crippen LogP contribution in [0.15, 0.2) is 53.6 Å². The molecule has 1 saturated carbocycles. The Kier molecular flexibility index (Phi) is 11.4. The zero-order valence-corrected chi connectivity index (χ0v) is 27.9. The molecule has 3 aromatic rings. The summed E-state index contributed by atoms with van der Waals surface area (Å²) in [5.41, 5.74) is 0.394. The molecule has 5 rings (SSSR count). The van der Waals surface area contributed by atoms with E-state index in [0.717, 1.165) is 35.6 Å². The first-order valence-corrected chi connectivity index (χ1v) is 17.7. The Morgan fingerprint density at radius 3 is 2.57 bits per heavy atom. The number of hydrogen-bond acceptors (Lipinski definition) is 9. The lowest BCUT2D eigenvalue weighted by molar-refractivity contribution is -0.180. The highest BCUT2D eigenvalue weighted by atomic mass is 32.2. The van der Waals surface area contributed by atoms with E-state index < -0.39 is 27.4 Å². The number of halogens is 1. The molecule has 0 spiro atoms. The van der Waals surface area contributed by atoms with E-state index in [1.807, 2.05) is 0 Å². The molecule has 2 aromatic carbocycles. The number of nitrogens with zero attached hydrogens (tertiary/aromatic N) is 1. The predicted molar refractivity (Wildman–Crippen MR) is 175 cm³/mol. The van der Waals surface area contributed by atoms with E-state index in [1.165, 1.54) is 23.5 Å². The summed E-state index contributed by atoms with van der Waals surface area (Å²) in [4.78, 5) is 18.1. The smallest absolute Gasteiger partial charge is 0.319 e. The summed E-state index contributed by atoms with van der Waals surface area (Å²) in [6.07, 6.45) is 5.75. The Labute approximate surface area is 273 Å². The van der Waals surface area contributed by atoms with Crippen molar-refractivity contribution >= 4 is 33.1 Å². The van der Waals surface area contributed by atoms with Crippen LogP contribution in [-0.2, 0) is 30.8 Å². The van der Waals surface area contributed by atoms with Crippen LogP contribution in [0.5, 0.6) is 0 Å². The zero-order valence-electron chi connectivity index (χ0n) is 26.3. The van der Waals surface area contributed by atoms with Gasteiger partial charge in [-0.15, -0.1) is 11.3 Å². The van der Waals surface area contributed by atoms with Crippen molar-refractivity contribution in [3.8, 4) is 10.4 Å². The van der Waals surface area contributed by atoms with Gasteiger partial charge in [0, 0.05) is 47.1 Å². The lowest BCUT2D eigenvalue weighted by atomic mass is 9.86. The molecule has 1 aliphatic carbocycles. The largest absolute Gasteiger partial charge is 0.376 e. The van der Waals surface area contributed by atoms with Gasteiger partial charge >= 0.3 is 6.03 Å². The second-order valence-electron chi connectivity index (χ2n) is 12.6. The first-order chi connectivity index (χ1) is 22.0. The van der Waals surface area contributed by atoms with E-state index in [4.69, 9.17) is 19.2 Å². The molecular formula is C32H42FN5O6S2. The zero-order chi connectivity index (χ0) is 32.7. The van der Waals surface area contributed by atoms with Gasteiger partial charge in [0.05, 0.1) is 34.7 Å². The third-order valence-corrected chi connectivity index (χ3v) is 10.7. The van der Waals surface area contributed by atoms with Crippen molar-refractivity contribution in [3.63, 3.8) is 0 Å². The van der Waals surface area contributed by atoms with Crippen LogP contribution in [-0.4, -0.2) is 63.9 Å². The molecule has 0 radical (unpaired) electrons. The maximum atomic E-state index is 14.0. The summed E-state index contributed by atoms with van der Waals surface area (Å²) in [5.74, 6) is -0.139. The number of benzene rings is 2. The standard InChI is InChI=1S/C32H42FN5O6S2/c1-32(2,3)38-46(40,41)29-14-24(37-31(39)35-15-22-6-4-5-7-27(22)33)12-13-26(29)28-16-34-30(45-28)21-8-10-23(11-9-21)36-19-43-20-44-25-17-42-18-25/h4-7,12-14,16,21,23,25,36,38H,8-11,15,17-20H2,1-3H3,(H2,35,37,39). The van der Waals surface area contributed by atoms with Crippen LogP contribution in [0.3, 0.4) is 0 Å². The number of hydrogen-bond donors (Lipinski definition) is 4. The van der Waals surface area contributed by atoms with E-state index in [9.17, 15) is 17.6 Å². The number of urea groups is 1. The van der Waals surface area contributed by atoms with Crippen LogP contribution in [0.1, 0.15) is 62.9 Å². The summed E-state index contributed by atoms with van der Waals surface area (Å²) in [6, 6.07) is 10.7. The topological polar surface area (TPSA) is 140 Å². The van der Waals surface area contributed by atoms with E-state index in [1.54, 1.807) is 57.3 Å². The number of aromatic nitrogens is 1. The Bertz CT molecular complexity index is 1580. The first kappa shape index (κ1) is 34.4. The maximum absolute atomic E-state index is 14.0. The Morgan fingerprint density at radius 1 is 1.11 bits per heavy atom. The fraction of sp³-hybridized carbons (Fsp3) is 0.500. The van der Waals surface area contributed by atoms with E-state index in [-0.39, 0.29) is 35.9 Å². The summed E-state index contributed by atoms with van der Waals surface area (Å²) in [6.45, 7) is 7.23. The van der Waals surface area contributed by atoms with Crippen molar-refractivity contribution in [1.29, 1.82) is 0 Å². The van der Waals surface area contributed by atoms with Crippen molar-refractivity contribution in [2.24, 2.45) is 0 Å². The molecule has 2 fully saturated rings.